The average Bonchev–Trinajstić information content (AvgIpc) is 2.40. The maximum absolute atomic E-state index is 11.7. The number of hydrogen-bond donors (Lipinski definition) is 1. The molecular weight excluding hydrogens is 224 g/mol. The van der Waals surface area contributed by atoms with Crippen LogP contribution in [-0.2, 0) is 11.2 Å². The van der Waals surface area contributed by atoms with Crippen molar-refractivity contribution in [2.45, 2.75) is 12.8 Å². The van der Waals surface area contributed by atoms with Crippen LogP contribution in [0, 0.1) is 0 Å². The zero-order chi connectivity index (χ0) is 13.2. The van der Waals surface area contributed by atoms with Crippen LogP contribution in [0.5, 0.6) is 0 Å². The van der Waals surface area contributed by atoms with Crippen LogP contribution in [0.3, 0.4) is 0 Å². The highest BCUT2D eigenvalue weighted by atomic mass is 16.2. The van der Waals surface area contributed by atoms with Crippen molar-refractivity contribution in [2.24, 2.45) is 0 Å². The predicted molar refractivity (Wildman–Crippen MR) is 75.5 cm³/mol. The lowest BCUT2D eigenvalue weighted by molar-refractivity contribution is -0.128. The standard InChI is InChI=1S/C15H22N2O/c1-3-11-16-13-15(18)17(2)12-7-10-14-8-5-4-6-9-14/h3-6,8-9,16H,1,7,10-13H2,2H3. The van der Waals surface area contributed by atoms with Gasteiger partial charge in [0.1, 0.15) is 0 Å². The smallest absolute Gasteiger partial charge is 0.236 e. The summed E-state index contributed by atoms with van der Waals surface area (Å²) in [6, 6.07) is 10.3. The minimum atomic E-state index is 0.130. The Morgan fingerprint density at radius 3 is 2.78 bits per heavy atom. The molecule has 0 heterocycles. The molecule has 0 radical (unpaired) electrons. The van der Waals surface area contributed by atoms with Crippen LogP contribution in [0.4, 0.5) is 0 Å². The molecule has 0 aliphatic rings. The Morgan fingerprint density at radius 2 is 2.11 bits per heavy atom. The molecule has 3 nitrogen and oxygen atoms in total. The Bertz CT molecular complexity index is 362. The van der Waals surface area contributed by atoms with E-state index in [1.54, 1.807) is 11.0 Å². The molecule has 0 fully saturated rings. The lowest BCUT2D eigenvalue weighted by atomic mass is 10.1. The molecule has 1 rings (SSSR count). The van der Waals surface area contributed by atoms with Crippen molar-refractivity contribution in [1.29, 1.82) is 0 Å². The van der Waals surface area contributed by atoms with Crippen LogP contribution in [0.25, 0.3) is 0 Å². The van der Waals surface area contributed by atoms with E-state index in [0.717, 1.165) is 19.4 Å². The molecular formula is C15H22N2O. The van der Waals surface area contributed by atoms with Gasteiger partial charge in [0.05, 0.1) is 6.54 Å². The number of hydrogen-bond acceptors (Lipinski definition) is 2. The van der Waals surface area contributed by atoms with Crippen LogP contribution in [-0.4, -0.2) is 37.5 Å². The molecule has 0 aliphatic carbocycles. The van der Waals surface area contributed by atoms with Gasteiger partial charge in [-0.15, -0.1) is 6.58 Å². The fraction of sp³-hybridized carbons (Fsp3) is 0.400. The van der Waals surface area contributed by atoms with Gasteiger partial charge in [-0.1, -0.05) is 36.4 Å². The van der Waals surface area contributed by atoms with E-state index in [2.05, 4.69) is 24.0 Å². The Balaban J connectivity index is 2.18. The molecule has 0 aliphatic heterocycles. The lowest BCUT2D eigenvalue weighted by Crippen LogP contribution is -2.36. The van der Waals surface area contributed by atoms with Crippen molar-refractivity contribution in [3.05, 3.63) is 48.6 Å². The monoisotopic (exact) mass is 246 g/mol. The Labute approximate surface area is 109 Å². The van der Waals surface area contributed by atoms with Gasteiger partial charge in [0.25, 0.3) is 0 Å². The first kappa shape index (κ1) is 14.5. The molecule has 0 saturated carbocycles. The van der Waals surface area contributed by atoms with E-state index in [9.17, 15) is 4.79 Å². The van der Waals surface area contributed by atoms with E-state index in [-0.39, 0.29) is 5.91 Å². The maximum atomic E-state index is 11.7. The Hall–Kier alpha value is -1.61. The summed E-state index contributed by atoms with van der Waals surface area (Å²) in [5, 5.41) is 3.01. The van der Waals surface area contributed by atoms with E-state index in [0.29, 0.717) is 13.1 Å². The molecule has 1 amide bonds. The summed E-state index contributed by atoms with van der Waals surface area (Å²) in [6.07, 6.45) is 3.76. The van der Waals surface area contributed by atoms with Crippen LogP contribution < -0.4 is 5.32 Å². The number of aryl methyl sites for hydroxylation is 1. The van der Waals surface area contributed by atoms with Gasteiger partial charge >= 0.3 is 0 Å². The highest BCUT2D eigenvalue weighted by molar-refractivity contribution is 5.77. The zero-order valence-corrected chi connectivity index (χ0v) is 11.1. The fourth-order valence-corrected chi connectivity index (χ4v) is 1.71. The molecule has 98 valence electrons. The molecule has 18 heavy (non-hydrogen) atoms. The first-order valence-corrected chi connectivity index (χ1v) is 6.33. The molecule has 0 bridgehead atoms. The number of benzene rings is 1. The first-order valence-electron chi connectivity index (χ1n) is 6.33. The largest absolute Gasteiger partial charge is 0.345 e. The molecule has 0 unspecified atom stereocenters. The lowest BCUT2D eigenvalue weighted by Gasteiger charge is -2.17. The van der Waals surface area contributed by atoms with Crippen LogP contribution >= 0.6 is 0 Å². The average molecular weight is 246 g/mol. The molecule has 1 aromatic rings. The third-order valence-electron chi connectivity index (χ3n) is 2.79. The van der Waals surface area contributed by atoms with Gasteiger partial charge in [0.15, 0.2) is 0 Å². The summed E-state index contributed by atoms with van der Waals surface area (Å²) >= 11 is 0. The van der Waals surface area contributed by atoms with Gasteiger partial charge < -0.3 is 10.2 Å². The second kappa shape index (κ2) is 8.48. The van der Waals surface area contributed by atoms with E-state index >= 15 is 0 Å². The highest BCUT2D eigenvalue weighted by Gasteiger charge is 2.06. The fourth-order valence-electron chi connectivity index (χ4n) is 1.71. The number of amides is 1. The molecule has 1 N–H and O–H groups in total. The number of carbonyl (C=O) groups excluding carboxylic acids is 1. The van der Waals surface area contributed by atoms with E-state index in [1.165, 1.54) is 5.56 Å². The van der Waals surface area contributed by atoms with Gasteiger partial charge in [0.2, 0.25) is 5.91 Å². The minimum absolute atomic E-state index is 0.130. The first-order chi connectivity index (χ1) is 8.74. The quantitative estimate of drug-likeness (QED) is 0.561. The van der Waals surface area contributed by atoms with Crippen molar-refractivity contribution in [2.75, 3.05) is 26.7 Å². The summed E-state index contributed by atoms with van der Waals surface area (Å²) in [5.74, 6) is 0.130. The number of carbonyl (C=O) groups is 1. The molecule has 0 spiro atoms. The Morgan fingerprint density at radius 1 is 1.39 bits per heavy atom. The van der Waals surface area contributed by atoms with Crippen molar-refractivity contribution < 1.29 is 4.79 Å². The normalized spacial score (nSPS) is 10.1. The zero-order valence-electron chi connectivity index (χ0n) is 11.1. The summed E-state index contributed by atoms with van der Waals surface area (Å²) in [5.41, 5.74) is 1.32. The van der Waals surface area contributed by atoms with Crippen molar-refractivity contribution in [1.82, 2.24) is 10.2 Å². The second-order valence-corrected chi connectivity index (χ2v) is 4.32. The van der Waals surface area contributed by atoms with Crippen molar-refractivity contribution >= 4 is 5.91 Å². The van der Waals surface area contributed by atoms with Crippen LogP contribution in [0.2, 0.25) is 0 Å². The molecule has 1 aromatic carbocycles. The number of nitrogens with one attached hydrogen (secondary N) is 1. The summed E-state index contributed by atoms with van der Waals surface area (Å²) in [6.45, 7) is 5.45. The van der Waals surface area contributed by atoms with E-state index < -0.39 is 0 Å². The van der Waals surface area contributed by atoms with Crippen molar-refractivity contribution in [3.63, 3.8) is 0 Å². The van der Waals surface area contributed by atoms with Gasteiger partial charge in [-0.05, 0) is 18.4 Å². The van der Waals surface area contributed by atoms with Crippen LogP contribution in [0.15, 0.2) is 43.0 Å². The Kier molecular flexibility index (Phi) is 6.81. The maximum Gasteiger partial charge on any atom is 0.236 e. The second-order valence-electron chi connectivity index (χ2n) is 4.32. The number of likely N-dealkylation sites (N-methyl/N-ethyl adjacent to an activating group) is 1. The molecule has 3 heteroatoms. The predicted octanol–water partition coefficient (Wildman–Crippen LogP) is 1.85. The third-order valence-corrected chi connectivity index (χ3v) is 2.79. The highest BCUT2D eigenvalue weighted by Crippen LogP contribution is 2.02. The summed E-state index contributed by atoms with van der Waals surface area (Å²) in [7, 11) is 1.85. The number of rotatable bonds is 8. The van der Waals surface area contributed by atoms with Gasteiger partial charge in [0, 0.05) is 20.1 Å². The van der Waals surface area contributed by atoms with Crippen LogP contribution in [0.1, 0.15) is 12.0 Å². The SMILES string of the molecule is C=CCNCC(=O)N(C)CCCc1ccccc1. The third kappa shape index (κ3) is 5.64. The molecule has 0 saturated heterocycles. The summed E-state index contributed by atoms with van der Waals surface area (Å²) < 4.78 is 0. The molecule has 0 atom stereocenters. The van der Waals surface area contributed by atoms with Gasteiger partial charge in [-0.25, -0.2) is 0 Å². The number of nitrogens with zero attached hydrogens (tertiary/aromatic N) is 1. The van der Waals surface area contributed by atoms with E-state index in [4.69, 9.17) is 0 Å². The topological polar surface area (TPSA) is 32.3 Å². The summed E-state index contributed by atoms with van der Waals surface area (Å²) in [4.78, 5) is 13.5. The molecule has 0 aromatic heterocycles. The minimum Gasteiger partial charge on any atom is -0.345 e. The van der Waals surface area contributed by atoms with Gasteiger partial charge in [-0.2, -0.15) is 0 Å². The van der Waals surface area contributed by atoms with Crippen molar-refractivity contribution in [3.8, 4) is 0 Å². The van der Waals surface area contributed by atoms with Gasteiger partial charge in [-0.3, -0.25) is 4.79 Å². The van der Waals surface area contributed by atoms with E-state index in [1.807, 2.05) is 25.2 Å².